The fraction of sp³-hybridized carbons (Fsp3) is 0.500. The van der Waals surface area contributed by atoms with Gasteiger partial charge < -0.3 is 5.32 Å². The van der Waals surface area contributed by atoms with Crippen LogP contribution in [-0.4, -0.2) is 6.54 Å². The number of benzene rings is 1. The minimum atomic E-state index is 0.715. The van der Waals surface area contributed by atoms with E-state index >= 15 is 0 Å². The highest BCUT2D eigenvalue weighted by Crippen LogP contribution is 2.36. The number of hydrogen-bond donors (Lipinski definition) is 1. The van der Waals surface area contributed by atoms with Crippen molar-refractivity contribution in [2.75, 3.05) is 11.9 Å². The zero-order valence-electron chi connectivity index (χ0n) is 9.96. The molecular formula is C14H18N2. The third kappa shape index (κ3) is 2.55. The highest BCUT2D eigenvalue weighted by atomic mass is 14.9. The fourth-order valence-corrected chi connectivity index (χ4v) is 2.00. The topological polar surface area (TPSA) is 35.8 Å². The molecule has 0 bridgehead atoms. The molecule has 0 aliphatic heterocycles. The van der Waals surface area contributed by atoms with Gasteiger partial charge in [0.15, 0.2) is 0 Å². The maximum Gasteiger partial charge on any atom is 0.101 e. The molecule has 0 saturated heterocycles. The van der Waals surface area contributed by atoms with Crippen molar-refractivity contribution in [2.45, 2.75) is 26.7 Å². The first-order valence-corrected chi connectivity index (χ1v) is 5.95. The molecule has 2 nitrogen and oxygen atoms in total. The summed E-state index contributed by atoms with van der Waals surface area (Å²) in [5, 5.41) is 12.4. The Morgan fingerprint density at radius 3 is 2.88 bits per heavy atom. The van der Waals surface area contributed by atoms with Crippen LogP contribution in [0.5, 0.6) is 0 Å². The van der Waals surface area contributed by atoms with Crippen molar-refractivity contribution >= 4 is 5.69 Å². The molecular weight excluding hydrogens is 196 g/mol. The lowest BCUT2D eigenvalue weighted by atomic mass is 10.1. The second kappa shape index (κ2) is 4.57. The van der Waals surface area contributed by atoms with E-state index < -0.39 is 0 Å². The number of aryl methyl sites for hydroxylation is 1. The summed E-state index contributed by atoms with van der Waals surface area (Å²) in [6.45, 7) is 5.31. The molecule has 1 aliphatic rings. The van der Waals surface area contributed by atoms with Crippen molar-refractivity contribution in [1.82, 2.24) is 0 Å². The highest BCUT2D eigenvalue weighted by molar-refractivity contribution is 5.58. The molecule has 0 spiro atoms. The van der Waals surface area contributed by atoms with Crippen LogP contribution in [0.4, 0.5) is 5.69 Å². The molecule has 84 valence electrons. The average Bonchev–Trinajstić information content (AvgIpc) is 3.10. The molecule has 2 heteroatoms. The Balaban J connectivity index is 2.02. The van der Waals surface area contributed by atoms with Crippen LogP contribution < -0.4 is 5.32 Å². The van der Waals surface area contributed by atoms with E-state index in [1.165, 1.54) is 18.4 Å². The number of nitrogens with one attached hydrogen (secondary N) is 1. The van der Waals surface area contributed by atoms with Crippen molar-refractivity contribution in [2.24, 2.45) is 11.8 Å². The molecule has 0 heterocycles. The molecule has 0 aromatic heterocycles. The molecule has 2 rings (SSSR count). The minimum Gasteiger partial charge on any atom is -0.384 e. The van der Waals surface area contributed by atoms with E-state index in [-0.39, 0.29) is 0 Å². The van der Waals surface area contributed by atoms with Gasteiger partial charge in [-0.15, -0.1) is 0 Å². The summed E-state index contributed by atoms with van der Waals surface area (Å²) in [6, 6.07) is 8.15. The van der Waals surface area contributed by atoms with Crippen LogP contribution in [0.1, 0.15) is 30.9 Å². The molecule has 16 heavy (non-hydrogen) atoms. The fourth-order valence-electron chi connectivity index (χ4n) is 2.00. The van der Waals surface area contributed by atoms with Gasteiger partial charge in [0.1, 0.15) is 6.07 Å². The Morgan fingerprint density at radius 2 is 2.25 bits per heavy atom. The van der Waals surface area contributed by atoms with E-state index in [1.54, 1.807) is 0 Å². The van der Waals surface area contributed by atoms with Crippen LogP contribution in [0.15, 0.2) is 18.2 Å². The van der Waals surface area contributed by atoms with Gasteiger partial charge in [-0.1, -0.05) is 13.0 Å². The second-order valence-corrected chi connectivity index (χ2v) is 4.86. The van der Waals surface area contributed by atoms with E-state index in [1.807, 2.05) is 12.1 Å². The molecule has 1 aromatic rings. The summed E-state index contributed by atoms with van der Waals surface area (Å²) in [5.41, 5.74) is 2.92. The third-order valence-corrected chi connectivity index (χ3v) is 3.34. The molecule has 0 amide bonds. The van der Waals surface area contributed by atoms with Crippen molar-refractivity contribution in [3.63, 3.8) is 0 Å². The van der Waals surface area contributed by atoms with Crippen LogP contribution in [0, 0.1) is 30.1 Å². The molecule has 1 unspecified atom stereocenters. The molecule has 1 atom stereocenters. The Morgan fingerprint density at radius 1 is 1.50 bits per heavy atom. The number of nitrogens with zero attached hydrogens (tertiary/aromatic N) is 1. The van der Waals surface area contributed by atoms with Crippen molar-refractivity contribution < 1.29 is 0 Å². The first kappa shape index (κ1) is 11.0. The lowest BCUT2D eigenvalue weighted by Crippen LogP contribution is -2.13. The molecule has 1 aliphatic carbocycles. The van der Waals surface area contributed by atoms with Gasteiger partial charge in [-0.25, -0.2) is 0 Å². The number of nitriles is 1. The van der Waals surface area contributed by atoms with E-state index in [0.29, 0.717) is 5.92 Å². The summed E-state index contributed by atoms with van der Waals surface area (Å²) < 4.78 is 0. The van der Waals surface area contributed by atoms with Gasteiger partial charge in [0.2, 0.25) is 0 Å². The summed E-state index contributed by atoms with van der Waals surface area (Å²) in [5.74, 6) is 1.62. The lowest BCUT2D eigenvalue weighted by molar-refractivity contribution is 0.536. The van der Waals surface area contributed by atoms with Crippen LogP contribution in [0.3, 0.4) is 0 Å². The number of rotatable bonds is 4. The van der Waals surface area contributed by atoms with E-state index in [9.17, 15) is 0 Å². The number of hydrogen-bond acceptors (Lipinski definition) is 2. The largest absolute Gasteiger partial charge is 0.384 e. The predicted molar refractivity (Wildman–Crippen MR) is 66.3 cm³/mol. The SMILES string of the molecule is Cc1ccc(C#N)c(NCC(C)C2CC2)c1. The first-order chi connectivity index (χ1) is 7.70. The Bertz CT molecular complexity index is 413. The smallest absolute Gasteiger partial charge is 0.101 e. The first-order valence-electron chi connectivity index (χ1n) is 5.95. The monoisotopic (exact) mass is 214 g/mol. The van der Waals surface area contributed by atoms with Crippen molar-refractivity contribution in [3.8, 4) is 6.07 Å². The van der Waals surface area contributed by atoms with Crippen LogP contribution in [0.2, 0.25) is 0 Å². The Labute approximate surface area is 97.3 Å². The molecule has 1 aromatic carbocycles. The standard InChI is InChI=1S/C14H18N2/c1-10-3-4-13(8-15)14(7-10)16-9-11(2)12-5-6-12/h3-4,7,11-12,16H,5-6,9H2,1-2H3. The van der Waals surface area contributed by atoms with Crippen LogP contribution >= 0.6 is 0 Å². The van der Waals surface area contributed by atoms with Gasteiger partial charge in [-0.05, 0) is 49.3 Å². The second-order valence-electron chi connectivity index (χ2n) is 4.86. The molecule has 1 saturated carbocycles. The highest BCUT2D eigenvalue weighted by Gasteiger charge is 2.27. The molecule has 0 radical (unpaired) electrons. The summed E-state index contributed by atoms with van der Waals surface area (Å²) in [6.07, 6.45) is 2.75. The predicted octanol–water partition coefficient (Wildman–Crippen LogP) is 3.32. The van der Waals surface area contributed by atoms with Gasteiger partial charge in [-0.3, -0.25) is 0 Å². The zero-order valence-corrected chi connectivity index (χ0v) is 9.96. The quantitative estimate of drug-likeness (QED) is 0.834. The van der Waals surface area contributed by atoms with Gasteiger partial charge >= 0.3 is 0 Å². The average molecular weight is 214 g/mol. The Hall–Kier alpha value is -1.49. The third-order valence-electron chi connectivity index (χ3n) is 3.34. The molecule has 1 fully saturated rings. The van der Waals surface area contributed by atoms with Crippen LogP contribution in [-0.2, 0) is 0 Å². The van der Waals surface area contributed by atoms with E-state index in [4.69, 9.17) is 5.26 Å². The van der Waals surface area contributed by atoms with E-state index in [2.05, 4.69) is 31.3 Å². The summed E-state index contributed by atoms with van der Waals surface area (Å²) >= 11 is 0. The summed E-state index contributed by atoms with van der Waals surface area (Å²) in [4.78, 5) is 0. The maximum atomic E-state index is 9.01. The summed E-state index contributed by atoms with van der Waals surface area (Å²) in [7, 11) is 0. The normalized spacial score (nSPS) is 16.6. The van der Waals surface area contributed by atoms with Crippen molar-refractivity contribution in [3.05, 3.63) is 29.3 Å². The van der Waals surface area contributed by atoms with Gasteiger partial charge in [0.05, 0.1) is 11.3 Å². The van der Waals surface area contributed by atoms with Crippen molar-refractivity contribution in [1.29, 1.82) is 5.26 Å². The van der Waals surface area contributed by atoms with E-state index in [0.717, 1.165) is 23.7 Å². The van der Waals surface area contributed by atoms with Gasteiger partial charge in [-0.2, -0.15) is 5.26 Å². The number of anilines is 1. The maximum absolute atomic E-state index is 9.01. The molecule has 1 N–H and O–H groups in total. The van der Waals surface area contributed by atoms with Crippen LogP contribution in [0.25, 0.3) is 0 Å². The minimum absolute atomic E-state index is 0.715. The van der Waals surface area contributed by atoms with Gasteiger partial charge in [0.25, 0.3) is 0 Å². The zero-order chi connectivity index (χ0) is 11.5. The van der Waals surface area contributed by atoms with Gasteiger partial charge in [0, 0.05) is 6.54 Å². The lowest BCUT2D eigenvalue weighted by Gasteiger charge is -2.14. The Kier molecular flexibility index (Phi) is 3.14.